The zero-order valence-corrected chi connectivity index (χ0v) is 14.5. The Morgan fingerprint density at radius 3 is 2.90 bits per heavy atom. The molecule has 0 amide bonds. The molecule has 2 atom stereocenters. The molecule has 3 rings (SSSR count). The quantitative estimate of drug-likeness (QED) is 0.902. The summed E-state index contributed by atoms with van der Waals surface area (Å²) in [5.74, 6) is 0. The molecule has 20 heavy (non-hydrogen) atoms. The van der Waals surface area contributed by atoms with Gasteiger partial charge in [-0.25, -0.2) is 0 Å². The lowest BCUT2D eigenvalue weighted by molar-refractivity contribution is 0.178. The fourth-order valence-electron chi connectivity index (χ4n) is 3.61. The third-order valence-corrected chi connectivity index (χ3v) is 6.94. The number of rotatable bonds is 3. The van der Waals surface area contributed by atoms with E-state index in [1.165, 1.54) is 59.7 Å². The Hall–Kier alpha value is 0.0600. The van der Waals surface area contributed by atoms with Gasteiger partial charge in [-0.05, 0) is 61.3 Å². The van der Waals surface area contributed by atoms with Crippen LogP contribution in [0.1, 0.15) is 35.1 Å². The van der Waals surface area contributed by atoms with E-state index in [-0.39, 0.29) is 0 Å². The van der Waals surface area contributed by atoms with Crippen LogP contribution in [0, 0.1) is 6.92 Å². The molecule has 2 fully saturated rings. The molecule has 112 valence electrons. The van der Waals surface area contributed by atoms with Crippen LogP contribution < -0.4 is 5.73 Å². The van der Waals surface area contributed by atoms with Gasteiger partial charge in [0.2, 0.25) is 0 Å². The zero-order valence-electron chi connectivity index (χ0n) is 12.1. The molecule has 1 aromatic rings. The van der Waals surface area contributed by atoms with Crippen LogP contribution in [0.5, 0.6) is 0 Å². The Morgan fingerprint density at radius 2 is 2.20 bits per heavy atom. The Kier molecular flexibility index (Phi) is 4.82. The third-order valence-electron chi connectivity index (χ3n) is 4.70. The van der Waals surface area contributed by atoms with Crippen LogP contribution in [-0.2, 0) is 0 Å². The minimum atomic E-state index is 0.394. The number of hydrogen-bond donors (Lipinski definition) is 1. The molecular weight excluding hydrogens is 334 g/mol. The SMILES string of the molecule is Cc1sc(C(CN)N2CCCN3CCCC3C2)cc1Br. The van der Waals surface area contributed by atoms with E-state index in [4.69, 9.17) is 5.73 Å². The molecule has 3 nitrogen and oxygen atoms in total. The largest absolute Gasteiger partial charge is 0.329 e. The number of hydrogen-bond acceptors (Lipinski definition) is 4. The highest BCUT2D eigenvalue weighted by molar-refractivity contribution is 9.10. The normalized spacial score (nSPS) is 26.4. The first kappa shape index (κ1) is 15.0. The molecule has 1 aromatic heterocycles. The van der Waals surface area contributed by atoms with E-state index in [9.17, 15) is 0 Å². The highest BCUT2D eigenvalue weighted by Crippen LogP contribution is 2.34. The van der Waals surface area contributed by atoms with Crippen molar-refractivity contribution < 1.29 is 0 Å². The highest BCUT2D eigenvalue weighted by atomic mass is 79.9. The maximum atomic E-state index is 6.12. The van der Waals surface area contributed by atoms with Crippen LogP contribution >= 0.6 is 27.3 Å². The van der Waals surface area contributed by atoms with Gasteiger partial charge in [0.05, 0.1) is 6.04 Å². The molecule has 0 aliphatic carbocycles. The first-order valence-electron chi connectivity index (χ1n) is 7.63. The molecule has 2 aliphatic heterocycles. The Bertz CT molecular complexity index is 442. The summed E-state index contributed by atoms with van der Waals surface area (Å²) in [6.07, 6.45) is 4.01. The highest BCUT2D eigenvalue weighted by Gasteiger charge is 2.32. The second-order valence-electron chi connectivity index (χ2n) is 5.98. The van der Waals surface area contributed by atoms with Gasteiger partial charge in [-0.2, -0.15) is 0 Å². The number of fused-ring (bicyclic) bond motifs is 1. The minimum absolute atomic E-state index is 0.394. The molecule has 0 aromatic carbocycles. The van der Waals surface area contributed by atoms with E-state index in [0.717, 1.165) is 12.6 Å². The van der Waals surface area contributed by atoms with Crippen molar-refractivity contribution in [3.8, 4) is 0 Å². The zero-order chi connectivity index (χ0) is 14.1. The summed E-state index contributed by atoms with van der Waals surface area (Å²) in [6.45, 7) is 7.84. The van der Waals surface area contributed by atoms with Crippen LogP contribution in [-0.4, -0.2) is 48.6 Å². The molecule has 2 aliphatic rings. The predicted octanol–water partition coefficient (Wildman–Crippen LogP) is 2.99. The van der Waals surface area contributed by atoms with Crippen molar-refractivity contribution in [2.75, 3.05) is 32.7 Å². The van der Waals surface area contributed by atoms with Crippen LogP contribution in [0.25, 0.3) is 0 Å². The van der Waals surface area contributed by atoms with Crippen LogP contribution in [0.15, 0.2) is 10.5 Å². The third kappa shape index (κ3) is 2.97. The van der Waals surface area contributed by atoms with Gasteiger partial charge in [0, 0.05) is 39.9 Å². The summed E-state index contributed by atoms with van der Waals surface area (Å²) in [4.78, 5) is 8.09. The van der Waals surface area contributed by atoms with Crippen molar-refractivity contribution in [2.24, 2.45) is 5.73 Å². The number of nitrogens with two attached hydrogens (primary N) is 1. The van der Waals surface area contributed by atoms with Gasteiger partial charge in [0.25, 0.3) is 0 Å². The van der Waals surface area contributed by atoms with E-state index in [0.29, 0.717) is 6.04 Å². The number of thiophene rings is 1. The number of halogens is 1. The standard InChI is InChI=1S/C15H24BrN3S/c1-11-13(16)8-15(20-11)14(9-17)19-7-3-6-18-5-2-4-12(18)10-19/h8,12,14H,2-7,9-10,17H2,1H3. The average molecular weight is 358 g/mol. The van der Waals surface area contributed by atoms with E-state index in [1.54, 1.807) is 0 Å². The molecule has 2 saturated heterocycles. The summed E-state index contributed by atoms with van der Waals surface area (Å²) in [7, 11) is 0. The van der Waals surface area contributed by atoms with E-state index < -0.39 is 0 Å². The van der Waals surface area contributed by atoms with Gasteiger partial charge in [-0.1, -0.05) is 0 Å². The lowest BCUT2D eigenvalue weighted by Gasteiger charge is -2.31. The maximum absolute atomic E-state index is 6.12. The van der Waals surface area contributed by atoms with Gasteiger partial charge in [0.1, 0.15) is 0 Å². The molecule has 0 radical (unpaired) electrons. The maximum Gasteiger partial charge on any atom is 0.0565 e. The van der Waals surface area contributed by atoms with E-state index >= 15 is 0 Å². The van der Waals surface area contributed by atoms with Crippen molar-refractivity contribution in [1.82, 2.24) is 9.80 Å². The number of nitrogens with zero attached hydrogens (tertiary/aromatic N) is 2. The smallest absolute Gasteiger partial charge is 0.0565 e. The number of aryl methyl sites for hydroxylation is 1. The Morgan fingerprint density at radius 1 is 1.40 bits per heavy atom. The van der Waals surface area contributed by atoms with Crippen molar-refractivity contribution in [3.63, 3.8) is 0 Å². The fourth-order valence-corrected chi connectivity index (χ4v) is 5.32. The van der Waals surface area contributed by atoms with Crippen LogP contribution in [0.4, 0.5) is 0 Å². The minimum Gasteiger partial charge on any atom is -0.329 e. The lowest BCUT2D eigenvalue weighted by Crippen LogP contribution is -2.40. The van der Waals surface area contributed by atoms with Crippen molar-refractivity contribution >= 4 is 27.3 Å². The van der Waals surface area contributed by atoms with Gasteiger partial charge in [-0.3, -0.25) is 9.80 Å². The topological polar surface area (TPSA) is 32.5 Å². The van der Waals surface area contributed by atoms with E-state index in [1.807, 2.05) is 11.3 Å². The van der Waals surface area contributed by atoms with E-state index in [2.05, 4.69) is 38.7 Å². The van der Waals surface area contributed by atoms with Crippen molar-refractivity contribution in [2.45, 2.75) is 38.3 Å². The lowest BCUT2D eigenvalue weighted by atomic mass is 10.1. The first-order valence-corrected chi connectivity index (χ1v) is 9.24. The van der Waals surface area contributed by atoms with Gasteiger partial charge >= 0.3 is 0 Å². The van der Waals surface area contributed by atoms with Gasteiger partial charge < -0.3 is 5.73 Å². The molecule has 2 unspecified atom stereocenters. The molecular formula is C15H24BrN3S. The molecule has 2 N–H and O–H groups in total. The van der Waals surface area contributed by atoms with Crippen LogP contribution in [0.2, 0.25) is 0 Å². The summed E-state index contributed by atoms with van der Waals surface area (Å²) >= 11 is 5.53. The van der Waals surface area contributed by atoms with Gasteiger partial charge in [0.15, 0.2) is 0 Å². The predicted molar refractivity (Wildman–Crippen MR) is 89.3 cm³/mol. The Labute approximate surface area is 134 Å². The Balaban J connectivity index is 1.77. The van der Waals surface area contributed by atoms with Crippen LogP contribution in [0.3, 0.4) is 0 Å². The van der Waals surface area contributed by atoms with Gasteiger partial charge in [-0.15, -0.1) is 11.3 Å². The summed E-state index contributed by atoms with van der Waals surface area (Å²) in [5, 5.41) is 0. The van der Waals surface area contributed by atoms with Crippen molar-refractivity contribution in [1.29, 1.82) is 0 Å². The molecule has 3 heterocycles. The molecule has 0 bridgehead atoms. The summed E-state index contributed by atoms with van der Waals surface area (Å²) < 4.78 is 1.23. The fraction of sp³-hybridized carbons (Fsp3) is 0.733. The first-order chi connectivity index (χ1) is 9.69. The second-order valence-corrected chi connectivity index (χ2v) is 8.13. The molecule has 0 saturated carbocycles. The average Bonchev–Trinajstić information content (AvgIpc) is 2.93. The summed E-state index contributed by atoms with van der Waals surface area (Å²) in [5.41, 5.74) is 6.12. The monoisotopic (exact) mass is 357 g/mol. The molecule has 5 heteroatoms. The summed E-state index contributed by atoms with van der Waals surface area (Å²) in [6, 6.07) is 3.43. The second kappa shape index (κ2) is 6.44. The molecule has 0 spiro atoms. The van der Waals surface area contributed by atoms with Crippen molar-refractivity contribution in [3.05, 3.63) is 20.3 Å².